The SMILES string of the molecule is O=C(Nc1cccc(N2CCCC2=O)c1)C1CC1c1ccco1. The summed E-state index contributed by atoms with van der Waals surface area (Å²) in [5, 5.41) is 2.96. The van der Waals surface area contributed by atoms with Crippen LogP contribution in [0.4, 0.5) is 11.4 Å². The van der Waals surface area contributed by atoms with E-state index in [9.17, 15) is 9.59 Å². The number of rotatable bonds is 4. The largest absolute Gasteiger partial charge is 0.469 e. The molecule has 2 heterocycles. The van der Waals surface area contributed by atoms with Gasteiger partial charge in [-0.3, -0.25) is 9.59 Å². The summed E-state index contributed by atoms with van der Waals surface area (Å²) in [7, 11) is 0. The first-order chi connectivity index (χ1) is 11.2. The molecule has 2 fully saturated rings. The maximum Gasteiger partial charge on any atom is 0.228 e. The van der Waals surface area contributed by atoms with E-state index in [2.05, 4.69) is 5.32 Å². The second-order valence-corrected chi connectivity index (χ2v) is 6.15. The summed E-state index contributed by atoms with van der Waals surface area (Å²) in [5.41, 5.74) is 1.58. The Kier molecular flexibility index (Phi) is 3.41. The van der Waals surface area contributed by atoms with E-state index in [-0.39, 0.29) is 23.7 Å². The molecule has 118 valence electrons. The lowest BCUT2D eigenvalue weighted by molar-refractivity contribution is -0.118. The van der Waals surface area contributed by atoms with Crippen LogP contribution >= 0.6 is 0 Å². The maximum atomic E-state index is 12.3. The Balaban J connectivity index is 1.43. The molecule has 2 aliphatic rings. The van der Waals surface area contributed by atoms with Crippen LogP contribution in [0.25, 0.3) is 0 Å². The van der Waals surface area contributed by atoms with Gasteiger partial charge in [-0.05, 0) is 43.2 Å². The zero-order valence-corrected chi connectivity index (χ0v) is 12.7. The van der Waals surface area contributed by atoms with Crippen molar-refractivity contribution in [1.82, 2.24) is 0 Å². The zero-order chi connectivity index (χ0) is 15.8. The van der Waals surface area contributed by atoms with E-state index >= 15 is 0 Å². The molecule has 1 saturated heterocycles. The van der Waals surface area contributed by atoms with Crippen LogP contribution in [0.5, 0.6) is 0 Å². The number of nitrogens with one attached hydrogen (secondary N) is 1. The Bertz CT molecular complexity index is 738. The van der Waals surface area contributed by atoms with Gasteiger partial charge in [0.2, 0.25) is 11.8 Å². The smallest absolute Gasteiger partial charge is 0.228 e. The Labute approximate surface area is 134 Å². The molecule has 1 N–H and O–H groups in total. The van der Waals surface area contributed by atoms with Crippen LogP contribution in [0.15, 0.2) is 47.1 Å². The predicted molar refractivity (Wildman–Crippen MR) is 86.2 cm³/mol. The molecule has 5 heteroatoms. The van der Waals surface area contributed by atoms with Crippen molar-refractivity contribution < 1.29 is 14.0 Å². The fourth-order valence-corrected chi connectivity index (χ4v) is 3.21. The van der Waals surface area contributed by atoms with E-state index in [4.69, 9.17) is 4.42 Å². The highest BCUT2D eigenvalue weighted by molar-refractivity contribution is 5.98. The van der Waals surface area contributed by atoms with Crippen LogP contribution in [0.2, 0.25) is 0 Å². The predicted octanol–water partition coefficient (Wildman–Crippen LogP) is 3.15. The van der Waals surface area contributed by atoms with Crippen molar-refractivity contribution >= 4 is 23.2 Å². The second-order valence-electron chi connectivity index (χ2n) is 6.15. The van der Waals surface area contributed by atoms with Gasteiger partial charge in [0, 0.05) is 36.2 Å². The summed E-state index contributed by atoms with van der Waals surface area (Å²) < 4.78 is 5.36. The molecule has 2 atom stereocenters. The minimum atomic E-state index is -0.0294. The molecule has 2 amide bonds. The fourth-order valence-electron chi connectivity index (χ4n) is 3.21. The highest BCUT2D eigenvalue weighted by Gasteiger charge is 2.45. The monoisotopic (exact) mass is 310 g/mol. The average molecular weight is 310 g/mol. The molecule has 1 aliphatic carbocycles. The van der Waals surface area contributed by atoms with Gasteiger partial charge < -0.3 is 14.6 Å². The third-order valence-corrected chi connectivity index (χ3v) is 4.53. The molecule has 23 heavy (non-hydrogen) atoms. The molecule has 5 nitrogen and oxygen atoms in total. The van der Waals surface area contributed by atoms with Crippen LogP contribution in [0, 0.1) is 5.92 Å². The first-order valence-corrected chi connectivity index (χ1v) is 7.97. The number of hydrogen-bond acceptors (Lipinski definition) is 3. The van der Waals surface area contributed by atoms with Crippen molar-refractivity contribution in [3.05, 3.63) is 48.4 Å². The van der Waals surface area contributed by atoms with Gasteiger partial charge in [0.15, 0.2) is 0 Å². The number of anilines is 2. The number of carbonyl (C=O) groups is 2. The van der Waals surface area contributed by atoms with Gasteiger partial charge >= 0.3 is 0 Å². The lowest BCUT2D eigenvalue weighted by Gasteiger charge is -2.16. The standard InChI is InChI=1S/C18H18N2O3/c21-17-7-2-8-20(17)13-5-1-4-12(10-13)19-18(22)15-11-14(15)16-6-3-9-23-16/h1,3-6,9-10,14-15H,2,7-8,11H2,(H,19,22). The topological polar surface area (TPSA) is 62.6 Å². The first kappa shape index (κ1) is 14.1. The van der Waals surface area contributed by atoms with Crippen molar-refractivity contribution in [1.29, 1.82) is 0 Å². The number of furan rings is 1. The maximum absolute atomic E-state index is 12.3. The van der Waals surface area contributed by atoms with Gasteiger partial charge in [-0.2, -0.15) is 0 Å². The van der Waals surface area contributed by atoms with Gasteiger partial charge in [0.1, 0.15) is 5.76 Å². The van der Waals surface area contributed by atoms with Crippen molar-refractivity contribution in [2.45, 2.75) is 25.2 Å². The van der Waals surface area contributed by atoms with Crippen LogP contribution in [0.3, 0.4) is 0 Å². The van der Waals surface area contributed by atoms with Crippen LogP contribution in [0.1, 0.15) is 30.9 Å². The van der Waals surface area contributed by atoms with E-state index in [1.165, 1.54) is 0 Å². The normalized spacial score (nSPS) is 23.1. The molecule has 1 aliphatic heterocycles. The Morgan fingerprint density at radius 1 is 1.26 bits per heavy atom. The van der Waals surface area contributed by atoms with Gasteiger partial charge in [0.05, 0.1) is 6.26 Å². The Hall–Kier alpha value is -2.56. The highest BCUT2D eigenvalue weighted by atomic mass is 16.3. The van der Waals surface area contributed by atoms with Crippen LogP contribution in [-0.4, -0.2) is 18.4 Å². The van der Waals surface area contributed by atoms with E-state index in [0.717, 1.165) is 36.5 Å². The fraction of sp³-hybridized carbons (Fsp3) is 0.333. The number of benzene rings is 1. The third kappa shape index (κ3) is 2.74. The summed E-state index contributed by atoms with van der Waals surface area (Å²) in [5.74, 6) is 1.19. The molecule has 2 unspecified atom stereocenters. The first-order valence-electron chi connectivity index (χ1n) is 7.97. The summed E-state index contributed by atoms with van der Waals surface area (Å²) in [6.07, 6.45) is 3.95. The third-order valence-electron chi connectivity index (χ3n) is 4.53. The van der Waals surface area contributed by atoms with E-state index in [0.29, 0.717) is 6.42 Å². The summed E-state index contributed by atoms with van der Waals surface area (Å²) in [6.45, 7) is 0.749. The summed E-state index contributed by atoms with van der Waals surface area (Å²) in [4.78, 5) is 25.9. The van der Waals surface area contributed by atoms with Crippen molar-refractivity contribution in [2.75, 3.05) is 16.8 Å². The van der Waals surface area contributed by atoms with Gasteiger partial charge in [-0.1, -0.05) is 6.07 Å². The molecule has 1 aromatic carbocycles. The Morgan fingerprint density at radius 3 is 2.91 bits per heavy atom. The average Bonchev–Trinajstić information content (AvgIpc) is 2.95. The molecule has 0 bridgehead atoms. The Morgan fingerprint density at radius 2 is 2.17 bits per heavy atom. The molecule has 2 aromatic rings. The van der Waals surface area contributed by atoms with Gasteiger partial charge in [-0.15, -0.1) is 0 Å². The molecule has 4 rings (SSSR count). The quantitative estimate of drug-likeness (QED) is 0.943. The highest BCUT2D eigenvalue weighted by Crippen LogP contribution is 2.48. The summed E-state index contributed by atoms with van der Waals surface area (Å²) >= 11 is 0. The van der Waals surface area contributed by atoms with E-state index in [1.807, 2.05) is 36.4 Å². The number of amides is 2. The molecule has 1 aromatic heterocycles. The minimum Gasteiger partial charge on any atom is -0.469 e. The molecule has 0 spiro atoms. The van der Waals surface area contributed by atoms with Gasteiger partial charge in [-0.25, -0.2) is 0 Å². The summed E-state index contributed by atoms with van der Waals surface area (Å²) in [6, 6.07) is 11.3. The van der Waals surface area contributed by atoms with Crippen molar-refractivity contribution in [3.63, 3.8) is 0 Å². The number of carbonyl (C=O) groups excluding carboxylic acids is 2. The zero-order valence-electron chi connectivity index (χ0n) is 12.7. The molecule has 1 saturated carbocycles. The van der Waals surface area contributed by atoms with E-state index in [1.54, 1.807) is 11.2 Å². The van der Waals surface area contributed by atoms with Crippen LogP contribution < -0.4 is 10.2 Å². The lowest BCUT2D eigenvalue weighted by atomic mass is 10.2. The van der Waals surface area contributed by atoms with Gasteiger partial charge in [0.25, 0.3) is 0 Å². The lowest BCUT2D eigenvalue weighted by Crippen LogP contribution is -2.23. The van der Waals surface area contributed by atoms with Crippen LogP contribution in [-0.2, 0) is 9.59 Å². The van der Waals surface area contributed by atoms with Crippen molar-refractivity contribution in [3.8, 4) is 0 Å². The van der Waals surface area contributed by atoms with Crippen molar-refractivity contribution in [2.24, 2.45) is 5.92 Å². The molecule has 0 radical (unpaired) electrons. The van der Waals surface area contributed by atoms with E-state index < -0.39 is 0 Å². The molecular weight excluding hydrogens is 292 g/mol. The minimum absolute atomic E-state index is 0.0105. The number of hydrogen-bond donors (Lipinski definition) is 1. The second kappa shape index (κ2) is 5.57. The number of nitrogens with zero attached hydrogens (tertiary/aromatic N) is 1. The molecular formula is C18H18N2O3.